The van der Waals surface area contributed by atoms with Crippen molar-refractivity contribution in [3.8, 4) is 11.4 Å². The van der Waals surface area contributed by atoms with Crippen molar-refractivity contribution in [2.75, 3.05) is 12.8 Å². The molecule has 2 rings (SSSR count). The zero-order valence-electron chi connectivity index (χ0n) is 10.1. The zero-order chi connectivity index (χ0) is 12.6. The SMILES string of the molecule is COc1ccc(-n2c(=O)c(N)c(C)n2C)cc1. The summed E-state index contributed by atoms with van der Waals surface area (Å²) in [6, 6.07) is 7.25. The van der Waals surface area contributed by atoms with Crippen LogP contribution in [-0.2, 0) is 7.05 Å². The Balaban J connectivity index is 2.60. The van der Waals surface area contributed by atoms with Gasteiger partial charge in [0.05, 0.1) is 18.5 Å². The van der Waals surface area contributed by atoms with Crippen LogP contribution in [0.1, 0.15) is 5.69 Å². The predicted octanol–water partition coefficient (Wildman–Crippen LogP) is 1.08. The van der Waals surface area contributed by atoms with Crippen molar-refractivity contribution in [3.05, 3.63) is 40.3 Å². The molecule has 0 amide bonds. The fraction of sp³-hybridized carbons (Fsp3) is 0.250. The molecular weight excluding hydrogens is 218 g/mol. The van der Waals surface area contributed by atoms with Gasteiger partial charge in [-0.3, -0.25) is 9.48 Å². The van der Waals surface area contributed by atoms with Crippen LogP contribution in [-0.4, -0.2) is 16.5 Å². The second kappa shape index (κ2) is 4.01. The molecule has 0 aliphatic rings. The molecule has 5 heteroatoms. The fourth-order valence-electron chi connectivity index (χ4n) is 1.74. The smallest absolute Gasteiger partial charge is 0.294 e. The molecule has 0 atom stereocenters. The summed E-state index contributed by atoms with van der Waals surface area (Å²) in [5.41, 5.74) is 7.32. The first-order chi connectivity index (χ1) is 8.06. The molecule has 0 aliphatic carbocycles. The molecule has 0 bridgehead atoms. The number of aromatic nitrogens is 2. The van der Waals surface area contributed by atoms with Crippen LogP contribution in [0.5, 0.6) is 5.75 Å². The van der Waals surface area contributed by atoms with E-state index < -0.39 is 0 Å². The highest BCUT2D eigenvalue weighted by Crippen LogP contribution is 2.15. The number of hydrogen-bond acceptors (Lipinski definition) is 3. The first kappa shape index (κ1) is 11.3. The van der Waals surface area contributed by atoms with E-state index >= 15 is 0 Å². The standard InChI is InChI=1S/C12H15N3O2/c1-8-11(13)12(16)15(14(8)2)9-4-6-10(17-3)7-5-9/h4-7H,13H2,1-3H3. The molecule has 0 saturated heterocycles. The molecule has 0 saturated carbocycles. The largest absolute Gasteiger partial charge is 0.497 e. The number of methoxy groups -OCH3 is 1. The van der Waals surface area contributed by atoms with E-state index in [1.807, 2.05) is 19.1 Å². The average molecular weight is 233 g/mol. The van der Waals surface area contributed by atoms with Crippen LogP contribution in [0.25, 0.3) is 5.69 Å². The highest BCUT2D eigenvalue weighted by atomic mass is 16.5. The second-order valence-corrected chi connectivity index (χ2v) is 3.84. The summed E-state index contributed by atoms with van der Waals surface area (Å²) < 4.78 is 8.34. The summed E-state index contributed by atoms with van der Waals surface area (Å²) in [6.07, 6.45) is 0. The lowest BCUT2D eigenvalue weighted by atomic mass is 10.3. The van der Waals surface area contributed by atoms with Crippen LogP contribution in [0.3, 0.4) is 0 Å². The second-order valence-electron chi connectivity index (χ2n) is 3.84. The van der Waals surface area contributed by atoms with Gasteiger partial charge in [0.1, 0.15) is 11.4 Å². The third kappa shape index (κ3) is 1.69. The maximum atomic E-state index is 12.0. The minimum absolute atomic E-state index is 0.199. The summed E-state index contributed by atoms with van der Waals surface area (Å²) in [4.78, 5) is 12.0. The molecule has 0 fully saturated rings. The molecule has 0 spiro atoms. The van der Waals surface area contributed by atoms with Crippen LogP contribution in [0.4, 0.5) is 5.69 Å². The molecule has 0 unspecified atom stereocenters. The van der Waals surface area contributed by atoms with Gasteiger partial charge < -0.3 is 10.5 Å². The highest BCUT2D eigenvalue weighted by molar-refractivity contribution is 5.45. The number of nitrogens with two attached hydrogens (primary N) is 1. The van der Waals surface area contributed by atoms with Crippen LogP contribution in [0.2, 0.25) is 0 Å². The highest BCUT2D eigenvalue weighted by Gasteiger charge is 2.12. The van der Waals surface area contributed by atoms with E-state index in [0.29, 0.717) is 0 Å². The van der Waals surface area contributed by atoms with Crippen molar-refractivity contribution in [3.63, 3.8) is 0 Å². The van der Waals surface area contributed by atoms with Crippen molar-refractivity contribution >= 4 is 5.69 Å². The maximum Gasteiger partial charge on any atom is 0.294 e. The van der Waals surface area contributed by atoms with Gasteiger partial charge in [-0.2, -0.15) is 0 Å². The van der Waals surface area contributed by atoms with Crippen molar-refractivity contribution in [2.45, 2.75) is 6.92 Å². The third-order valence-electron chi connectivity index (χ3n) is 2.91. The Morgan fingerprint density at radius 2 is 1.82 bits per heavy atom. The summed E-state index contributed by atoms with van der Waals surface area (Å²) >= 11 is 0. The van der Waals surface area contributed by atoms with Gasteiger partial charge in [0, 0.05) is 7.05 Å². The van der Waals surface area contributed by atoms with E-state index in [9.17, 15) is 4.79 Å². The zero-order valence-corrected chi connectivity index (χ0v) is 10.1. The van der Waals surface area contributed by atoms with E-state index in [0.717, 1.165) is 17.1 Å². The Hall–Kier alpha value is -2.17. The summed E-state index contributed by atoms with van der Waals surface area (Å²) in [5, 5.41) is 0. The Morgan fingerprint density at radius 3 is 2.24 bits per heavy atom. The van der Waals surface area contributed by atoms with Gasteiger partial charge in [-0.15, -0.1) is 0 Å². The van der Waals surface area contributed by atoms with E-state index in [2.05, 4.69) is 0 Å². The first-order valence-corrected chi connectivity index (χ1v) is 5.24. The Kier molecular flexibility index (Phi) is 2.67. The van der Waals surface area contributed by atoms with Crippen LogP contribution < -0.4 is 16.0 Å². The lowest BCUT2D eigenvalue weighted by Crippen LogP contribution is -2.20. The van der Waals surface area contributed by atoms with Gasteiger partial charge >= 0.3 is 0 Å². The number of ether oxygens (including phenoxy) is 1. The number of nitrogens with zero attached hydrogens (tertiary/aromatic N) is 2. The summed E-state index contributed by atoms with van der Waals surface area (Å²) in [6.45, 7) is 1.82. The third-order valence-corrected chi connectivity index (χ3v) is 2.91. The lowest BCUT2D eigenvalue weighted by molar-refractivity contribution is 0.414. The normalized spacial score (nSPS) is 10.5. The first-order valence-electron chi connectivity index (χ1n) is 5.24. The summed E-state index contributed by atoms with van der Waals surface area (Å²) in [7, 11) is 3.41. The van der Waals surface area contributed by atoms with Crippen LogP contribution in [0, 0.1) is 6.92 Å². The molecular formula is C12H15N3O2. The lowest BCUT2D eigenvalue weighted by Gasteiger charge is -2.08. The van der Waals surface area contributed by atoms with Gasteiger partial charge in [0.15, 0.2) is 0 Å². The molecule has 2 N–H and O–H groups in total. The fourth-order valence-corrected chi connectivity index (χ4v) is 1.74. The number of hydrogen-bond donors (Lipinski definition) is 1. The number of benzene rings is 1. The van der Waals surface area contributed by atoms with E-state index in [1.54, 1.807) is 31.0 Å². The molecule has 0 radical (unpaired) electrons. The number of nitrogen functional groups attached to an aromatic ring is 1. The van der Waals surface area contributed by atoms with Gasteiger partial charge in [0.2, 0.25) is 0 Å². The minimum Gasteiger partial charge on any atom is -0.497 e. The molecule has 0 aliphatic heterocycles. The van der Waals surface area contributed by atoms with Gasteiger partial charge in [-0.05, 0) is 31.2 Å². The van der Waals surface area contributed by atoms with Crippen molar-refractivity contribution in [1.29, 1.82) is 0 Å². The van der Waals surface area contributed by atoms with Crippen molar-refractivity contribution in [1.82, 2.24) is 9.36 Å². The maximum absolute atomic E-state index is 12.0. The quantitative estimate of drug-likeness (QED) is 0.844. The monoisotopic (exact) mass is 233 g/mol. The number of rotatable bonds is 2. The molecule has 1 aromatic carbocycles. The molecule has 1 heterocycles. The Morgan fingerprint density at radius 1 is 1.24 bits per heavy atom. The Labute approximate surface area is 99.0 Å². The van der Waals surface area contributed by atoms with Gasteiger partial charge in [0.25, 0.3) is 5.56 Å². The van der Waals surface area contributed by atoms with Crippen LogP contribution in [0.15, 0.2) is 29.1 Å². The van der Waals surface area contributed by atoms with E-state index in [-0.39, 0.29) is 11.2 Å². The molecule has 1 aromatic heterocycles. The average Bonchev–Trinajstić information content (AvgIpc) is 2.54. The van der Waals surface area contributed by atoms with E-state index in [4.69, 9.17) is 10.5 Å². The molecule has 2 aromatic rings. The predicted molar refractivity (Wildman–Crippen MR) is 66.7 cm³/mol. The Bertz CT molecular complexity index is 593. The number of anilines is 1. The van der Waals surface area contributed by atoms with E-state index in [1.165, 1.54) is 4.68 Å². The molecule has 5 nitrogen and oxygen atoms in total. The van der Waals surface area contributed by atoms with Crippen LogP contribution >= 0.6 is 0 Å². The van der Waals surface area contributed by atoms with Gasteiger partial charge in [-0.25, -0.2) is 4.68 Å². The van der Waals surface area contributed by atoms with Crippen molar-refractivity contribution < 1.29 is 4.74 Å². The topological polar surface area (TPSA) is 62.2 Å². The van der Waals surface area contributed by atoms with Gasteiger partial charge in [-0.1, -0.05) is 0 Å². The summed E-state index contributed by atoms with van der Waals surface area (Å²) in [5.74, 6) is 0.751. The molecule has 90 valence electrons. The van der Waals surface area contributed by atoms with Crippen molar-refractivity contribution in [2.24, 2.45) is 7.05 Å². The minimum atomic E-state index is -0.199. The molecule has 17 heavy (non-hydrogen) atoms.